The first-order valence-corrected chi connectivity index (χ1v) is 14.1. The lowest BCUT2D eigenvalue weighted by molar-refractivity contribution is -0.105. The van der Waals surface area contributed by atoms with Crippen LogP contribution >= 0.6 is 11.6 Å². The quantitative estimate of drug-likeness (QED) is 0.355. The summed E-state index contributed by atoms with van der Waals surface area (Å²) in [6.45, 7) is 8.58. The Kier molecular flexibility index (Phi) is 8.77. The molecule has 3 aromatic rings. The SMILES string of the molecule is C[C@@H]1CN(c2ncc(Cl)c(Nc3ccc4c(c3)n(CCC(C)(C)O)c(=O)n4CCCN(C)C)n2)C[C@H](C)C1(F)F. The maximum atomic E-state index is 14.4. The molecule has 3 heterocycles. The van der Waals surface area contributed by atoms with E-state index in [1.54, 1.807) is 27.9 Å². The number of benzene rings is 1. The highest BCUT2D eigenvalue weighted by atomic mass is 35.5. The average Bonchev–Trinajstić information content (AvgIpc) is 3.12. The van der Waals surface area contributed by atoms with Crippen LogP contribution in [-0.2, 0) is 13.1 Å². The van der Waals surface area contributed by atoms with Crippen LogP contribution in [-0.4, -0.2) is 74.4 Å². The first kappa shape index (κ1) is 30.2. The van der Waals surface area contributed by atoms with Crippen LogP contribution in [0.15, 0.2) is 29.2 Å². The number of aromatic nitrogens is 4. The Morgan fingerprint density at radius 2 is 1.80 bits per heavy atom. The van der Waals surface area contributed by atoms with E-state index in [9.17, 15) is 18.7 Å². The minimum Gasteiger partial charge on any atom is -0.390 e. The fourth-order valence-corrected chi connectivity index (χ4v) is 5.26. The molecule has 0 saturated carbocycles. The van der Waals surface area contributed by atoms with Crippen LogP contribution in [0.2, 0.25) is 5.02 Å². The van der Waals surface area contributed by atoms with Gasteiger partial charge in [-0.1, -0.05) is 25.4 Å². The van der Waals surface area contributed by atoms with Crippen molar-refractivity contribution in [2.45, 2.75) is 65.1 Å². The predicted molar refractivity (Wildman–Crippen MR) is 156 cm³/mol. The summed E-state index contributed by atoms with van der Waals surface area (Å²) in [5, 5.41) is 13.8. The summed E-state index contributed by atoms with van der Waals surface area (Å²) in [5.41, 5.74) is 1.15. The van der Waals surface area contributed by atoms with Crippen molar-refractivity contribution in [3.63, 3.8) is 0 Å². The van der Waals surface area contributed by atoms with Gasteiger partial charge in [0.25, 0.3) is 5.92 Å². The van der Waals surface area contributed by atoms with E-state index in [0.717, 1.165) is 24.0 Å². The van der Waals surface area contributed by atoms with Gasteiger partial charge in [0.15, 0.2) is 5.82 Å². The van der Waals surface area contributed by atoms with E-state index in [-0.39, 0.29) is 23.8 Å². The molecule has 1 aliphatic rings. The summed E-state index contributed by atoms with van der Waals surface area (Å²) >= 11 is 6.43. The number of nitrogens with zero attached hydrogens (tertiary/aromatic N) is 6. The first-order chi connectivity index (χ1) is 18.7. The lowest BCUT2D eigenvalue weighted by Gasteiger charge is -2.41. The molecule has 220 valence electrons. The van der Waals surface area contributed by atoms with Gasteiger partial charge in [-0.05, 0) is 65.5 Å². The summed E-state index contributed by atoms with van der Waals surface area (Å²) in [6.07, 6.45) is 2.69. The van der Waals surface area contributed by atoms with E-state index < -0.39 is 23.4 Å². The topological polar surface area (TPSA) is 91.5 Å². The van der Waals surface area contributed by atoms with Crippen LogP contribution in [0.25, 0.3) is 11.0 Å². The van der Waals surface area contributed by atoms with Gasteiger partial charge in [-0.2, -0.15) is 4.98 Å². The van der Waals surface area contributed by atoms with E-state index in [1.807, 2.05) is 32.3 Å². The highest BCUT2D eigenvalue weighted by molar-refractivity contribution is 6.32. The van der Waals surface area contributed by atoms with E-state index in [1.165, 1.54) is 20.0 Å². The summed E-state index contributed by atoms with van der Waals surface area (Å²) in [7, 11) is 4.00. The minimum absolute atomic E-state index is 0.123. The number of piperidine rings is 1. The van der Waals surface area contributed by atoms with Gasteiger partial charge in [0, 0.05) is 43.7 Å². The molecule has 0 bridgehead atoms. The standard InChI is InChI=1S/C28H40ClF2N7O2/c1-18-16-36(17-19(2)28(18,30)31)25-32-15-21(29)24(34-25)33-20-8-9-22-23(14-20)38(13-10-27(3,4)40)26(39)37(22)12-7-11-35(5)6/h8-9,14-15,18-19,40H,7,10-13,16-17H2,1-6H3,(H,32,33,34)/t18-,19+. The normalized spacial score (nSPS) is 19.5. The van der Waals surface area contributed by atoms with Crippen molar-refractivity contribution < 1.29 is 13.9 Å². The number of imidazole rings is 1. The summed E-state index contributed by atoms with van der Waals surface area (Å²) in [5.74, 6) is -3.74. The number of hydrogen-bond donors (Lipinski definition) is 2. The van der Waals surface area contributed by atoms with Gasteiger partial charge in [-0.25, -0.2) is 18.6 Å². The molecule has 4 rings (SSSR count). The molecule has 0 amide bonds. The van der Waals surface area contributed by atoms with Crippen LogP contribution in [0.4, 0.5) is 26.2 Å². The van der Waals surface area contributed by atoms with Crippen LogP contribution in [0.3, 0.4) is 0 Å². The van der Waals surface area contributed by atoms with Crippen LogP contribution in [0.5, 0.6) is 0 Å². The van der Waals surface area contributed by atoms with Gasteiger partial charge >= 0.3 is 5.69 Å². The second kappa shape index (κ2) is 11.6. The monoisotopic (exact) mass is 579 g/mol. The maximum Gasteiger partial charge on any atom is 0.329 e. The van der Waals surface area contributed by atoms with Crippen molar-refractivity contribution >= 4 is 40.1 Å². The second-order valence-corrected chi connectivity index (χ2v) is 12.3. The number of hydrogen-bond acceptors (Lipinski definition) is 7. The fraction of sp³-hybridized carbons (Fsp3) is 0.607. The van der Waals surface area contributed by atoms with E-state index >= 15 is 0 Å². The largest absolute Gasteiger partial charge is 0.390 e. The number of alkyl halides is 2. The highest BCUT2D eigenvalue weighted by Gasteiger charge is 2.47. The highest BCUT2D eigenvalue weighted by Crippen LogP contribution is 2.39. The van der Waals surface area contributed by atoms with Gasteiger partial charge in [0.05, 0.1) is 22.8 Å². The van der Waals surface area contributed by atoms with Crippen molar-refractivity contribution in [2.75, 3.05) is 43.9 Å². The van der Waals surface area contributed by atoms with Crippen LogP contribution < -0.4 is 15.9 Å². The molecule has 2 atom stereocenters. The van der Waals surface area contributed by atoms with E-state index in [4.69, 9.17) is 11.6 Å². The molecular formula is C28H40ClF2N7O2. The number of fused-ring (bicyclic) bond motifs is 1. The maximum absolute atomic E-state index is 14.4. The molecule has 1 fully saturated rings. The zero-order chi connectivity index (χ0) is 29.4. The Labute approximate surface area is 238 Å². The van der Waals surface area contributed by atoms with Crippen molar-refractivity contribution in [1.29, 1.82) is 0 Å². The third kappa shape index (κ3) is 6.58. The van der Waals surface area contributed by atoms with Crippen molar-refractivity contribution in [3.8, 4) is 0 Å². The zero-order valence-corrected chi connectivity index (χ0v) is 24.8. The van der Waals surface area contributed by atoms with Crippen molar-refractivity contribution in [3.05, 3.63) is 39.9 Å². The number of aliphatic hydroxyl groups is 1. The third-order valence-corrected chi connectivity index (χ3v) is 7.81. The van der Waals surface area contributed by atoms with Gasteiger partial charge < -0.3 is 20.2 Å². The molecule has 1 aromatic carbocycles. The van der Waals surface area contributed by atoms with Gasteiger partial charge in [-0.3, -0.25) is 9.13 Å². The molecule has 1 saturated heterocycles. The Bertz CT molecular complexity index is 1390. The number of aryl methyl sites for hydroxylation is 2. The molecular weight excluding hydrogens is 540 g/mol. The number of anilines is 3. The summed E-state index contributed by atoms with van der Waals surface area (Å²) in [4.78, 5) is 26.2. The molecule has 0 spiro atoms. The Morgan fingerprint density at radius 3 is 2.42 bits per heavy atom. The molecule has 9 nitrogen and oxygen atoms in total. The van der Waals surface area contributed by atoms with Crippen LogP contribution in [0.1, 0.15) is 40.5 Å². The molecule has 2 N–H and O–H groups in total. The predicted octanol–water partition coefficient (Wildman–Crippen LogP) is 4.83. The summed E-state index contributed by atoms with van der Waals surface area (Å²) in [6, 6.07) is 5.61. The van der Waals surface area contributed by atoms with Gasteiger partial charge in [-0.15, -0.1) is 0 Å². The molecule has 0 aliphatic carbocycles. The number of halogens is 3. The Hall–Kier alpha value is -2.76. The summed E-state index contributed by atoms with van der Waals surface area (Å²) < 4.78 is 32.2. The number of nitrogens with one attached hydrogen (secondary N) is 1. The molecule has 0 radical (unpaired) electrons. The first-order valence-electron chi connectivity index (χ1n) is 13.7. The Balaban J connectivity index is 1.65. The molecule has 0 unspecified atom stereocenters. The van der Waals surface area contributed by atoms with Gasteiger partial charge in [0.1, 0.15) is 5.02 Å². The van der Waals surface area contributed by atoms with E-state index in [0.29, 0.717) is 37.0 Å². The molecule has 1 aliphatic heterocycles. The molecule has 40 heavy (non-hydrogen) atoms. The zero-order valence-electron chi connectivity index (χ0n) is 24.1. The van der Waals surface area contributed by atoms with Crippen molar-refractivity contribution in [2.24, 2.45) is 11.8 Å². The average molecular weight is 580 g/mol. The lowest BCUT2D eigenvalue weighted by atomic mass is 9.87. The number of rotatable bonds is 10. The molecule has 2 aromatic heterocycles. The minimum atomic E-state index is -2.75. The van der Waals surface area contributed by atoms with Gasteiger partial charge in [0.2, 0.25) is 5.95 Å². The second-order valence-electron chi connectivity index (χ2n) is 11.9. The van der Waals surface area contributed by atoms with Crippen LogP contribution in [0, 0.1) is 11.8 Å². The molecule has 12 heteroatoms. The fourth-order valence-electron chi connectivity index (χ4n) is 5.12. The smallest absolute Gasteiger partial charge is 0.329 e. The third-order valence-electron chi connectivity index (χ3n) is 7.53. The van der Waals surface area contributed by atoms with Crippen molar-refractivity contribution in [1.82, 2.24) is 24.0 Å². The lowest BCUT2D eigenvalue weighted by Crippen LogP contribution is -2.52. The van der Waals surface area contributed by atoms with E-state index in [2.05, 4.69) is 20.2 Å². The Morgan fingerprint density at radius 1 is 1.15 bits per heavy atom.